The van der Waals surface area contributed by atoms with Gasteiger partial charge in [-0.2, -0.15) is 0 Å². The number of thiophene rings is 1. The van der Waals surface area contributed by atoms with E-state index in [0.717, 1.165) is 39.4 Å². The molecule has 3 nitrogen and oxygen atoms in total. The molecule has 0 bridgehead atoms. The van der Waals surface area contributed by atoms with E-state index >= 15 is 0 Å². The summed E-state index contributed by atoms with van der Waals surface area (Å²) in [7, 11) is 0. The van der Waals surface area contributed by atoms with Crippen LogP contribution in [0.3, 0.4) is 0 Å². The summed E-state index contributed by atoms with van der Waals surface area (Å²) in [6.07, 6.45) is 4.43. The first kappa shape index (κ1) is 15.2. The number of rotatable bonds is 2. The fourth-order valence-electron chi connectivity index (χ4n) is 3.57. The van der Waals surface area contributed by atoms with Crippen LogP contribution in [0.25, 0.3) is 0 Å². The molecule has 5 heteroatoms. The Morgan fingerprint density at radius 1 is 1.35 bits per heavy atom. The zero-order chi connectivity index (χ0) is 16.0. The number of benzene rings is 1. The maximum atomic E-state index is 12.7. The highest BCUT2D eigenvalue weighted by Gasteiger charge is 2.33. The molecule has 2 aromatic rings. The van der Waals surface area contributed by atoms with Crippen LogP contribution in [0.4, 0.5) is 5.00 Å². The lowest BCUT2D eigenvalue weighted by Crippen LogP contribution is -2.38. The average Bonchev–Trinajstić information content (AvgIpc) is 2.92. The monoisotopic (exact) mass is 390 g/mol. The lowest BCUT2D eigenvalue weighted by Gasteiger charge is -2.27. The first-order valence-corrected chi connectivity index (χ1v) is 9.74. The zero-order valence-corrected chi connectivity index (χ0v) is 15.4. The number of amides is 1. The summed E-state index contributed by atoms with van der Waals surface area (Å²) < 4.78 is 1.02. The fraction of sp³-hybridized carbons (Fsp3) is 0.389. The molecule has 0 fully saturated rings. The number of anilines is 1. The van der Waals surface area contributed by atoms with Crippen LogP contribution in [0.1, 0.15) is 52.3 Å². The van der Waals surface area contributed by atoms with Gasteiger partial charge in [0, 0.05) is 9.35 Å². The smallest absolute Gasteiger partial charge is 0.256 e. The van der Waals surface area contributed by atoms with E-state index in [-0.39, 0.29) is 12.1 Å². The number of hydrogen-bond donors (Lipinski definition) is 2. The highest BCUT2D eigenvalue weighted by molar-refractivity contribution is 9.10. The number of carbonyl (C=O) groups is 1. The van der Waals surface area contributed by atoms with Crippen molar-refractivity contribution in [2.24, 2.45) is 5.92 Å². The third kappa shape index (κ3) is 2.70. The van der Waals surface area contributed by atoms with E-state index in [2.05, 4.69) is 33.5 Å². The molecule has 1 amide bonds. The first-order chi connectivity index (χ1) is 11.2. The van der Waals surface area contributed by atoms with Crippen molar-refractivity contribution < 1.29 is 4.79 Å². The quantitative estimate of drug-likeness (QED) is 0.766. The van der Waals surface area contributed by atoms with Crippen molar-refractivity contribution in [2.45, 2.75) is 38.8 Å². The van der Waals surface area contributed by atoms with Gasteiger partial charge in [0.05, 0.1) is 5.56 Å². The van der Waals surface area contributed by atoms with Crippen LogP contribution in [0.2, 0.25) is 0 Å². The van der Waals surface area contributed by atoms with Crippen LogP contribution in [0.5, 0.6) is 0 Å². The van der Waals surface area contributed by atoms with E-state index in [1.165, 1.54) is 23.3 Å². The summed E-state index contributed by atoms with van der Waals surface area (Å²) in [6.45, 7) is 2.26. The van der Waals surface area contributed by atoms with Gasteiger partial charge in [-0.05, 0) is 48.4 Å². The van der Waals surface area contributed by atoms with Gasteiger partial charge >= 0.3 is 0 Å². The van der Waals surface area contributed by atoms with Gasteiger partial charge in [0.25, 0.3) is 5.91 Å². The Kier molecular flexibility index (Phi) is 3.93. The molecule has 2 aliphatic rings. The van der Waals surface area contributed by atoms with Crippen molar-refractivity contribution in [3.05, 3.63) is 50.3 Å². The van der Waals surface area contributed by atoms with Gasteiger partial charge in [-0.1, -0.05) is 41.4 Å². The Balaban J connectivity index is 1.68. The van der Waals surface area contributed by atoms with Crippen molar-refractivity contribution in [3.8, 4) is 0 Å². The van der Waals surface area contributed by atoms with Crippen LogP contribution in [-0.4, -0.2) is 5.91 Å². The maximum absolute atomic E-state index is 12.7. The Morgan fingerprint density at radius 2 is 2.22 bits per heavy atom. The van der Waals surface area contributed by atoms with Crippen LogP contribution < -0.4 is 10.6 Å². The number of halogens is 1. The molecule has 0 saturated heterocycles. The molecule has 0 unspecified atom stereocenters. The molecule has 0 radical (unpaired) electrons. The van der Waals surface area contributed by atoms with Crippen LogP contribution >= 0.6 is 27.3 Å². The Hall–Kier alpha value is -1.33. The third-order valence-corrected chi connectivity index (χ3v) is 6.58. The number of fused-ring (bicyclic) bond motifs is 3. The summed E-state index contributed by atoms with van der Waals surface area (Å²) >= 11 is 5.28. The topological polar surface area (TPSA) is 41.1 Å². The molecule has 2 N–H and O–H groups in total. The summed E-state index contributed by atoms with van der Waals surface area (Å²) in [6, 6.07) is 8.07. The van der Waals surface area contributed by atoms with Crippen molar-refractivity contribution in [3.63, 3.8) is 0 Å². The summed E-state index contributed by atoms with van der Waals surface area (Å²) in [5.74, 6) is 0.836. The Morgan fingerprint density at radius 3 is 3.00 bits per heavy atom. The molecule has 1 aromatic carbocycles. The van der Waals surface area contributed by atoms with Crippen LogP contribution in [0, 0.1) is 5.92 Å². The van der Waals surface area contributed by atoms with Crippen molar-refractivity contribution in [1.29, 1.82) is 0 Å². The molecular formula is C18H19BrN2OS. The minimum Gasteiger partial charge on any atom is -0.353 e. The van der Waals surface area contributed by atoms with Crippen molar-refractivity contribution in [2.75, 3.05) is 5.32 Å². The zero-order valence-electron chi connectivity index (χ0n) is 13.0. The number of hydrogen-bond acceptors (Lipinski definition) is 3. The van der Waals surface area contributed by atoms with Gasteiger partial charge in [0.2, 0.25) is 0 Å². The van der Waals surface area contributed by atoms with E-state index in [1.54, 1.807) is 11.3 Å². The molecule has 1 aromatic heterocycles. The molecule has 0 saturated carbocycles. The van der Waals surface area contributed by atoms with E-state index in [1.807, 2.05) is 24.3 Å². The molecule has 23 heavy (non-hydrogen) atoms. The van der Waals surface area contributed by atoms with Crippen molar-refractivity contribution >= 4 is 38.2 Å². The predicted molar refractivity (Wildman–Crippen MR) is 98.1 cm³/mol. The predicted octanol–water partition coefficient (Wildman–Crippen LogP) is 4.88. The summed E-state index contributed by atoms with van der Waals surface area (Å²) in [5, 5.41) is 7.68. The van der Waals surface area contributed by atoms with E-state index < -0.39 is 0 Å². The van der Waals surface area contributed by atoms with E-state index in [0.29, 0.717) is 0 Å². The highest BCUT2D eigenvalue weighted by Crippen LogP contribution is 2.43. The van der Waals surface area contributed by atoms with E-state index in [4.69, 9.17) is 0 Å². The second-order valence-corrected chi connectivity index (χ2v) is 8.35. The maximum Gasteiger partial charge on any atom is 0.256 e. The second-order valence-electron chi connectivity index (χ2n) is 6.33. The molecule has 1 aliphatic carbocycles. The third-order valence-electron chi connectivity index (χ3n) is 4.90. The fourth-order valence-corrected chi connectivity index (χ4v) is 5.37. The molecular weight excluding hydrogens is 372 g/mol. The molecule has 2 atom stereocenters. The van der Waals surface area contributed by atoms with Gasteiger partial charge in [0.15, 0.2) is 0 Å². The first-order valence-electron chi connectivity index (χ1n) is 8.13. The Labute approximate surface area is 148 Å². The molecule has 2 heterocycles. The standard InChI is InChI=1S/C18H19BrN2OS/c1-2-10-6-7-13-14(8-10)23-18-15(13)17(22)20-16(21-18)11-4-3-5-12(19)9-11/h3-5,9-10,16,21H,2,6-8H2,1H3,(H,20,22)/t10-,16+/m0/s1. The molecule has 0 spiro atoms. The summed E-state index contributed by atoms with van der Waals surface area (Å²) in [4.78, 5) is 14.1. The number of nitrogens with one attached hydrogen (secondary N) is 2. The molecule has 120 valence electrons. The largest absolute Gasteiger partial charge is 0.353 e. The lowest BCUT2D eigenvalue weighted by molar-refractivity contribution is 0.0935. The van der Waals surface area contributed by atoms with Gasteiger partial charge < -0.3 is 10.6 Å². The van der Waals surface area contributed by atoms with Gasteiger partial charge in [-0.3, -0.25) is 4.79 Å². The van der Waals surface area contributed by atoms with Crippen LogP contribution in [-0.2, 0) is 12.8 Å². The molecule has 1 aliphatic heterocycles. The highest BCUT2D eigenvalue weighted by atomic mass is 79.9. The average molecular weight is 391 g/mol. The normalized spacial score (nSPS) is 22.8. The Bertz CT molecular complexity index is 770. The van der Waals surface area contributed by atoms with Crippen LogP contribution in [0.15, 0.2) is 28.7 Å². The lowest BCUT2D eigenvalue weighted by atomic mass is 9.85. The van der Waals surface area contributed by atoms with Gasteiger partial charge in [-0.25, -0.2) is 0 Å². The van der Waals surface area contributed by atoms with Crippen molar-refractivity contribution in [1.82, 2.24) is 5.32 Å². The second kappa shape index (κ2) is 5.95. The molecule has 4 rings (SSSR count). The SMILES string of the molecule is CC[C@H]1CCc2c(sc3c2C(=O)N[C@@H](c2cccc(Br)c2)N3)C1. The van der Waals surface area contributed by atoms with Gasteiger partial charge in [0.1, 0.15) is 11.2 Å². The van der Waals surface area contributed by atoms with Gasteiger partial charge in [-0.15, -0.1) is 11.3 Å². The minimum atomic E-state index is -0.158. The van der Waals surface area contributed by atoms with E-state index in [9.17, 15) is 4.79 Å². The summed E-state index contributed by atoms with van der Waals surface area (Å²) in [5.41, 5.74) is 3.24. The minimum absolute atomic E-state index is 0.0659. The number of carbonyl (C=O) groups excluding carboxylic acids is 1.